The summed E-state index contributed by atoms with van der Waals surface area (Å²) in [6, 6.07) is 19.8. The standard InChI is InChI=1S/C29H29N3O5S/c1-31-21-11-7-6-10-20(21)26-27(28(34)30-16-18-9-5-8-12-22(18)35-2)32(25(33)17-38-29(26)31)19-13-14-23(36-3)24(15-19)37-4/h5-15,27H,16-17H2,1-4H3,(H,30,34). The summed E-state index contributed by atoms with van der Waals surface area (Å²) in [7, 11) is 6.67. The second-order valence-electron chi connectivity index (χ2n) is 8.82. The maximum atomic E-state index is 14.1. The van der Waals surface area contributed by atoms with E-state index in [-0.39, 0.29) is 24.1 Å². The van der Waals surface area contributed by atoms with E-state index in [1.54, 1.807) is 44.4 Å². The molecule has 0 fully saturated rings. The fourth-order valence-corrected chi connectivity index (χ4v) is 6.02. The Morgan fingerprint density at radius 2 is 1.66 bits per heavy atom. The Bertz CT molecular complexity index is 1520. The Balaban J connectivity index is 1.65. The van der Waals surface area contributed by atoms with E-state index in [0.29, 0.717) is 22.9 Å². The minimum absolute atomic E-state index is 0.181. The average molecular weight is 532 g/mol. The van der Waals surface area contributed by atoms with Gasteiger partial charge in [-0.2, -0.15) is 0 Å². The number of thioether (sulfide) groups is 1. The van der Waals surface area contributed by atoms with Crippen molar-refractivity contribution in [3.05, 3.63) is 77.9 Å². The van der Waals surface area contributed by atoms with Crippen LogP contribution in [-0.4, -0.2) is 43.5 Å². The summed E-state index contributed by atoms with van der Waals surface area (Å²) < 4.78 is 18.4. The number of rotatable bonds is 7. The fourth-order valence-electron chi connectivity index (χ4n) is 4.95. The zero-order valence-electron chi connectivity index (χ0n) is 21.7. The minimum Gasteiger partial charge on any atom is -0.496 e. The average Bonchev–Trinajstić information content (AvgIpc) is 3.13. The summed E-state index contributed by atoms with van der Waals surface area (Å²) in [5.74, 6) is 1.40. The van der Waals surface area contributed by atoms with Crippen LogP contribution in [0.15, 0.2) is 71.8 Å². The Hall–Kier alpha value is -4.11. The predicted molar refractivity (Wildman–Crippen MR) is 148 cm³/mol. The molecule has 9 heteroatoms. The van der Waals surface area contributed by atoms with Gasteiger partial charge < -0.3 is 24.1 Å². The Morgan fingerprint density at radius 3 is 2.42 bits per heavy atom. The van der Waals surface area contributed by atoms with Crippen LogP contribution in [0, 0.1) is 0 Å². The van der Waals surface area contributed by atoms with E-state index in [9.17, 15) is 9.59 Å². The Morgan fingerprint density at radius 1 is 0.947 bits per heavy atom. The molecule has 0 aliphatic carbocycles. The van der Waals surface area contributed by atoms with Crippen LogP contribution >= 0.6 is 11.8 Å². The molecule has 0 saturated heterocycles. The predicted octanol–water partition coefficient (Wildman–Crippen LogP) is 4.70. The van der Waals surface area contributed by atoms with Gasteiger partial charge in [0, 0.05) is 47.4 Å². The van der Waals surface area contributed by atoms with E-state index in [2.05, 4.69) is 9.88 Å². The number of nitrogens with zero attached hydrogens (tertiary/aromatic N) is 2. The first-order valence-electron chi connectivity index (χ1n) is 12.1. The minimum atomic E-state index is -0.911. The molecular weight excluding hydrogens is 502 g/mol. The van der Waals surface area contributed by atoms with Gasteiger partial charge in [-0.3, -0.25) is 14.5 Å². The number of benzene rings is 3. The highest BCUT2D eigenvalue weighted by atomic mass is 32.2. The van der Waals surface area contributed by atoms with Gasteiger partial charge in [-0.1, -0.05) is 48.2 Å². The second kappa shape index (κ2) is 10.7. The number of aryl methyl sites for hydroxylation is 1. The van der Waals surface area contributed by atoms with Crippen LogP contribution in [0.4, 0.5) is 5.69 Å². The van der Waals surface area contributed by atoms with Crippen molar-refractivity contribution in [2.75, 3.05) is 32.0 Å². The van der Waals surface area contributed by atoms with Crippen molar-refractivity contribution < 1.29 is 23.8 Å². The third kappa shape index (κ3) is 4.43. The maximum absolute atomic E-state index is 14.1. The van der Waals surface area contributed by atoms with Crippen molar-refractivity contribution in [3.8, 4) is 17.2 Å². The van der Waals surface area contributed by atoms with Gasteiger partial charge in [-0.05, 0) is 24.3 Å². The van der Waals surface area contributed by atoms with Crippen LogP contribution in [0.2, 0.25) is 0 Å². The lowest BCUT2D eigenvalue weighted by atomic mass is 10.0. The summed E-state index contributed by atoms with van der Waals surface area (Å²) in [5.41, 5.74) is 3.18. The molecule has 0 saturated carbocycles. The van der Waals surface area contributed by atoms with E-state index in [4.69, 9.17) is 14.2 Å². The topological polar surface area (TPSA) is 82.0 Å². The van der Waals surface area contributed by atoms with Crippen LogP contribution in [0.25, 0.3) is 10.9 Å². The number of amides is 2. The monoisotopic (exact) mass is 531 g/mol. The van der Waals surface area contributed by atoms with Crippen molar-refractivity contribution in [1.82, 2.24) is 9.88 Å². The smallest absolute Gasteiger partial charge is 0.248 e. The number of carbonyl (C=O) groups is 2. The summed E-state index contributed by atoms with van der Waals surface area (Å²) in [5, 5.41) is 4.89. The molecule has 38 heavy (non-hydrogen) atoms. The van der Waals surface area contributed by atoms with E-state index >= 15 is 0 Å². The number of ether oxygens (including phenoxy) is 3. The molecule has 0 radical (unpaired) electrons. The van der Waals surface area contributed by atoms with Crippen LogP contribution < -0.4 is 24.4 Å². The Labute approximate surface area is 225 Å². The molecule has 1 N–H and O–H groups in total. The number of para-hydroxylation sites is 2. The second-order valence-corrected chi connectivity index (χ2v) is 9.78. The summed E-state index contributed by atoms with van der Waals surface area (Å²) in [4.78, 5) is 29.4. The molecule has 2 heterocycles. The number of hydrogen-bond donors (Lipinski definition) is 1. The number of carbonyl (C=O) groups excluding carboxylic acids is 2. The van der Waals surface area contributed by atoms with E-state index in [0.717, 1.165) is 27.1 Å². The lowest BCUT2D eigenvalue weighted by molar-refractivity contribution is -0.125. The maximum Gasteiger partial charge on any atom is 0.248 e. The van der Waals surface area contributed by atoms with Gasteiger partial charge in [-0.25, -0.2) is 0 Å². The molecule has 3 aromatic carbocycles. The molecule has 2 amide bonds. The van der Waals surface area contributed by atoms with Gasteiger partial charge in [-0.15, -0.1) is 0 Å². The number of anilines is 1. The highest BCUT2D eigenvalue weighted by Gasteiger charge is 2.40. The first-order valence-corrected chi connectivity index (χ1v) is 13.1. The van der Waals surface area contributed by atoms with Crippen LogP contribution in [0.3, 0.4) is 0 Å². The first-order chi connectivity index (χ1) is 18.5. The van der Waals surface area contributed by atoms with Crippen molar-refractivity contribution in [1.29, 1.82) is 0 Å². The molecular formula is C29H29N3O5S. The molecule has 0 spiro atoms. The van der Waals surface area contributed by atoms with Gasteiger partial charge in [0.15, 0.2) is 11.5 Å². The summed E-state index contributed by atoms with van der Waals surface area (Å²) >= 11 is 1.44. The number of methoxy groups -OCH3 is 3. The van der Waals surface area contributed by atoms with Crippen LogP contribution in [0.5, 0.6) is 17.2 Å². The lowest BCUT2D eigenvalue weighted by Crippen LogP contribution is -2.43. The third-order valence-electron chi connectivity index (χ3n) is 6.76. The SMILES string of the molecule is COc1ccccc1CNC(=O)C1c2c(n(C)c3ccccc23)SCC(=O)N1c1ccc(OC)c(OC)c1. The normalized spacial score (nSPS) is 15.1. The van der Waals surface area contributed by atoms with Crippen molar-refractivity contribution >= 4 is 40.2 Å². The van der Waals surface area contributed by atoms with Gasteiger partial charge in [0.05, 0.1) is 32.1 Å². The van der Waals surface area contributed by atoms with Gasteiger partial charge in [0.2, 0.25) is 11.8 Å². The van der Waals surface area contributed by atoms with Gasteiger partial charge >= 0.3 is 0 Å². The number of fused-ring (bicyclic) bond motifs is 3. The van der Waals surface area contributed by atoms with Crippen molar-refractivity contribution in [2.45, 2.75) is 17.6 Å². The fraction of sp³-hybridized carbons (Fsp3) is 0.241. The summed E-state index contributed by atoms with van der Waals surface area (Å²) in [6.07, 6.45) is 0. The Kier molecular flexibility index (Phi) is 7.20. The number of nitrogens with one attached hydrogen (secondary N) is 1. The van der Waals surface area contributed by atoms with Crippen molar-refractivity contribution in [2.24, 2.45) is 7.05 Å². The van der Waals surface area contributed by atoms with E-state index in [1.807, 2.05) is 55.6 Å². The molecule has 1 atom stereocenters. The molecule has 1 aliphatic rings. The zero-order chi connectivity index (χ0) is 26.8. The van der Waals surface area contributed by atoms with Crippen molar-refractivity contribution in [3.63, 3.8) is 0 Å². The molecule has 1 aromatic heterocycles. The number of hydrogen-bond acceptors (Lipinski definition) is 6. The highest BCUT2D eigenvalue weighted by Crippen LogP contribution is 2.44. The lowest BCUT2D eigenvalue weighted by Gasteiger charge is -2.30. The molecule has 1 unspecified atom stereocenters. The first kappa shape index (κ1) is 25.5. The molecule has 1 aliphatic heterocycles. The van der Waals surface area contributed by atoms with Gasteiger partial charge in [0.1, 0.15) is 11.8 Å². The van der Waals surface area contributed by atoms with Crippen LogP contribution in [0.1, 0.15) is 17.2 Å². The summed E-state index contributed by atoms with van der Waals surface area (Å²) in [6.45, 7) is 0.251. The molecule has 0 bridgehead atoms. The highest BCUT2D eigenvalue weighted by molar-refractivity contribution is 8.00. The molecule has 8 nitrogen and oxygen atoms in total. The van der Waals surface area contributed by atoms with Gasteiger partial charge in [0.25, 0.3) is 0 Å². The molecule has 5 rings (SSSR count). The zero-order valence-corrected chi connectivity index (χ0v) is 22.5. The van der Waals surface area contributed by atoms with E-state index < -0.39 is 6.04 Å². The largest absolute Gasteiger partial charge is 0.496 e. The molecule has 196 valence electrons. The number of aromatic nitrogens is 1. The quantitative estimate of drug-likeness (QED) is 0.372. The third-order valence-corrected chi connectivity index (χ3v) is 7.92. The van der Waals surface area contributed by atoms with E-state index in [1.165, 1.54) is 11.8 Å². The molecule has 4 aromatic rings. The van der Waals surface area contributed by atoms with Crippen LogP contribution in [-0.2, 0) is 23.2 Å².